The van der Waals surface area contributed by atoms with E-state index < -0.39 is 0 Å². The monoisotopic (exact) mass is 395 g/mol. The smallest absolute Gasteiger partial charge is 0.257 e. The highest BCUT2D eigenvalue weighted by Crippen LogP contribution is 2.34. The molecular formula is C21H25N5OS. The van der Waals surface area contributed by atoms with E-state index in [0.717, 1.165) is 46.6 Å². The second kappa shape index (κ2) is 7.39. The maximum Gasteiger partial charge on any atom is 0.257 e. The molecule has 3 aromatic rings. The summed E-state index contributed by atoms with van der Waals surface area (Å²) in [5.41, 5.74) is 4.23. The van der Waals surface area contributed by atoms with Gasteiger partial charge in [0, 0.05) is 54.8 Å². The summed E-state index contributed by atoms with van der Waals surface area (Å²) in [4.78, 5) is 27.4. The number of aryl methyl sites for hydroxylation is 3. The molecule has 0 atom stereocenters. The number of rotatable bonds is 3. The Morgan fingerprint density at radius 1 is 0.964 bits per heavy atom. The second-order valence-corrected chi connectivity index (χ2v) is 8.45. The molecule has 6 nitrogen and oxygen atoms in total. The Balaban J connectivity index is 1.60. The van der Waals surface area contributed by atoms with Gasteiger partial charge in [0.2, 0.25) is 5.95 Å². The van der Waals surface area contributed by atoms with E-state index >= 15 is 0 Å². The molecular weight excluding hydrogens is 370 g/mol. The third-order valence-electron chi connectivity index (χ3n) is 5.46. The van der Waals surface area contributed by atoms with Crippen molar-refractivity contribution >= 4 is 23.2 Å². The first kappa shape index (κ1) is 18.7. The number of amides is 1. The number of anilines is 1. The van der Waals surface area contributed by atoms with Crippen LogP contribution < -0.4 is 4.90 Å². The molecule has 1 aliphatic rings. The maximum atomic E-state index is 13.5. The molecule has 28 heavy (non-hydrogen) atoms. The second-order valence-electron chi connectivity index (χ2n) is 7.24. The fraction of sp³-hybridized carbons (Fsp3) is 0.381. The summed E-state index contributed by atoms with van der Waals surface area (Å²) < 4.78 is 2.20. The van der Waals surface area contributed by atoms with Crippen molar-refractivity contribution in [3.63, 3.8) is 0 Å². The molecule has 4 rings (SSSR count). The Kier molecular flexibility index (Phi) is 4.93. The van der Waals surface area contributed by atoms with Crippen LogP contribution in [-0.4, -0.2) is 51.5 Å². The van der Waals surface area contributed by atoms with Gasteiger partial charge in [0.1, 0.15) is 5.00 Å². The molecule has 0 bridgehead atoms. The molecule has 0 spiro atoms. The zero-order valence-electron chi connectivity index (χ0n) is 16.8. The molecule has 0 saturated carbocycles. The lowest BCUT2D eigenvalue weighted by atomic mass is 10.1. The van der Waals surface area contributed by atoms with E-state index in [4.69, 9.17) is 0 Å². The van der Waals surface area contributed by atoms with Crippen molar-refractivity contribution in [1.29, 1.82) is 0 Å². The van der Waals surface area contributed by atoms with Gasteiger partial charge < -0.3 is 14.4 Å². The van der Waals surface area contributed by atoms with E-state index in [0.29, 0.717) is 13.1 Å². The number of hydrogen-bond acceptors (Lipinski definition) is 5. The zero-order chi connectivity index (χ0) is 19.8. The van der Waals surface area contributed by atoms with Gasteiger partial charge in [0.15, 0.2) is 0 Å². The van der Waals surface area contributed by atoms with E-state index in [1.165, 1.54) is 4.88 Å². The Morgan fingerprint density at radius 2 is 1.57 bits per heavy atom. The number of hydrogen-bond donors (Lipinski definition) is 0. The Hall–Kier alpha value is -2.67. The van der Waals surface area contributed by atoms with Gasteiger partial charge in [0.05, 0.1) is 5.56 Å². The average Bonchev–Trinajstić information content (AvgIpc) is 3.20. The van der Waals surface area contributed by atoms with Gasteiger partial charge in [-0.05, 0) is 51.5 Å². The molecule has 1 amide bonds. The fourth-order valence-corrected chi connectivity index (χ4v) is 5.00. The number of carbonyl (C=O) groups excluding carboxylic acids is 1. The normalized spacial score (nSPS) is 14.6. The summed E-state index contributed by atoms with van der Waals surface area (Å²) in [5.74, 6) is 0.856. The van der Waals surface area contributed by atoms with E-state index in [1.807, 2.05) is 11.0 Å². The molecule has 0 aliphatic carbocycles. The highest BCUT2D eigenvalue weighted by molar-refractivity contribution is 7.15. The predicted molar refractivity (Wildman–Crippen MR) is 113 cm³/mol. The lowest BCUT2D eigenvalue weighted by Gasteiger charge is -2.35. The van der Waals surface area contributed by atoms with Crippen molar-refractivity contribution in [2.45, 2.75) is 27.7 Å². The molecule has 0 aromatic carbocycles. The van der Waals surface area contributed by atoms with Crippen LogP contribution in [-0.2, 0) is 0 Å². The number of aromatic nitrogens is 3. The SMILES string of the molecule is Cc1sc(-n2c(C)ccc2C)c(C(=O)N2CCN(c3ncccn3)CC2)c1C. The molecule has 146 valence electrons. The summed E-state index contributed by atoms with van der Waals surface area (Å²) in [7, 11) is 0. The molecule has 1 fully saturated rings. The molecule has 0 N–H and O–H groups in total. The van der Waals surface area contributed by atoms with Gasteiger partial charge in [0.25, 0.3) is 5.91 Å². The molecule has 1 aliphatic heterocycles. The predicted octanol–water partition coefficient (Wildman–Crippen LogP) is 3.52. The van der Waals surface area contributed by atoms with Gasteiger partial charge in [-0.15, -0.1) is 11.3 Å². The van der Waals surface area contributed by atoms with Crippen LogP contribution in [0.3, 0.4) is 0 Å². The van der Waals surface area contributed by atoms with Crippen molar-refractivity contribution in [3.8, 4) is 5.00 Å². The topological polar surface area (TPSA) is 54.3 Å². The Morgan fingerprint density at radius 3 is 2.18 bits per heavy atom. The van der Waals surface area contributed by atoms with Gasteiger partial charge in [-0.1, -0.05) is 0 Å². The van der Waals surface area contributed by atoms with Gasteiger partial charge in [-0.2, -0.15) is 0 Å². The first-order chi connectivity index (χ1) is 13.5. The lowest BCUT2D eigenvalue weighted by molar-refractivity contribution is 0.0746. The van der Waals surface area contributed by atoms with Crippen LogP contribution in [0.2, 0.25) is 0 Å². The van der Waals surface area contributed by atoms with E-state index in [2.05, 4.69) is 59.3 Å². The van der Waals surface area contributed by atoms with Crippen LogP contribution in [0.25, 0.3) is 5.00 Å². The molecule has 3 aromatic heterocycles. The van der Waals surface area contributed by atoms with Gasteiger partial charge in [-0.25, -0.2) is 9.97 Å². The highest BCUT2D eigenvalue weighted by Gasteiger charge is 2.29. The standard InChI is InChI=1S/C21H25N5OS/c1-14-6-7-15(2)26(14)20-18(16(3)17(4)28-20)19(27)24-10-12-25(13-11-24)21-22-8-5-9-23-21/h5-9H,10-13H2,1-4H3. The third kappa shape index (κ3) is 3.20. The van der Waals surface area contributed by atoms with Crippen LogP contribution in [0.1, 0.15) is 32.2 Å². The summed E-state index contributed by atoms with van der Waals surface area (Å²) >= 11 is 1.70. The molecule has 0 unspecified atom stereocenters. The van der Waals surface area contributed by atoms with Crippen molar-refractivity contribution in [3.05, 3.63) is 58.0 Å². The van der Waals surface area contributed by atoms with E-state index in [1.54, 1.807) is 23.7 Å². The fourth-order valence-electron chi connectivity index (χ4n) is 3.73. The summed E-state index contributed by atoms with van der Waals surface area (Å²) in [6.07, 6.45) is 3.51. The minimum atomic E-state index is 0.123. The summed E-state index contributed by atoms with van der Waals surface area (Å²) in [5, 5.41) is 1.04. The quantitative estimate of drug-likeness (QED) is 0.681. The largest absolute Gasteiger partial charge is 0.337 e. The van der Waals surface area contributed by atoms with E-state index in [9.17, 15) is 4.79 Å². The van der Waals surface area contributed by atoms with Gasteiger partial charge >= 0.3 is 0 Å². The zero-order valence-corrected chi connectivity index (χ0v) is 17.6. The van der Waals surface area contributed by atoms with Crippen LogP contribution in [0, 0.1) is 27.7 Å². The highest BCUT2D eigenvalue weighted by atomic mass is 32.1. The summed E-state index contributed by atoms with van der Waals surface area (Å²) in [6.45, 7) is 11.2. The maximum absolute atomic E-state index is 13.5. The van der Waals surface area contributed by atoms with Crippen molar-refractivity contribution < 1.29 is 4.79 Å². The van der Waals surface area contributed by atoms with Crippen LogP contribution in [0.15, 0.2) is 30.6 Å². The Bertz CT molecular complexity index is 980. The first-order valence-electron chi connectivity index (χ1n) is 9.54. The molecule has 0 radical (unpaired) electrons. The minimum absolute atomic E-state index is 0.123. The minimum Gasteiger partial charge on any atom is -0.337 e. The van der Waals surface area contributed by atoms with E-state index in [-0.39, 0.29) is 5.91 Å². The molecule has 1 saturated heterocycles. The van der Waals surface area contributed by atoms with Crippen LogP contribution in [0.5, 0.6) is 0 Å². The third-order valence-corrected chi connectivity index (χ3v) is 6.65. The average molecular weight is 396 g/mol. The number of carbonyl (C=O) groups is 1. The number of nitrogens with zero attached hydrogens (tertiary/aromatic N) is 5. The van der Waals surface area contributed by atoms with Gasteiger partial charge in [-0.3, -0.25) is 4.79 Å². The number of piperazine rings is 1. The Labute approximate surface area is 169 Å². The van der Waals surface area contributed by atoms with Crippen molar-refractivity contribution in [2.75, 3.05) is 31.1 Å². The number of thiophene rings is 1. The molecule has 4 heterocycles. The summed E-state index contributed by atoms with van der Waals surface area (Å²) in [6, 6.07) is 6.02. The lowest BCUT2D eigenvalue weighted by Crippen LogP contribution is -2.49. The van der Waals surface area contributed by atoms with Crippen molar-refractivity contribution in [1.82, 2.24) is 19.4 Å². The van der Waals surface area contributed by atoms with Crippen molar-refractivity contribution in [2.24, 2.45) is 0 Å². The first-order valence-corrected chi connectivity index (χ1v) is 10.4. The molecule has 7 heteroatoms. The van der Waals surface area contributed by atoms with Crippen LogP contribution >= 0.6 is 11.3 Å². The van der Waals surface area contributed by atoms with Crippen LogP contribution in [0.4, 0.5) is 5.95 Å².